The Bertz CT molecular complexity index is 1340. The molecule has 1 aliphatic rings. The molecule has 4 N–H and O–H groups in total. The quantitative estimate of drug-likeness (QED) is 0.200. The zero-order chi connectivity index (χ0) is 26.6. The molecule has 1 saturated heterocycles. The number of nitrogens with zero attached hydrogens (tertiary/aromatic N) is 2. The number of benzene rings is 2. The summed E-state index contributed by atoms with van der Waals surface area (Å²) in [6.45, 7) is 7.48. The molecule has 4 rings (SSSR count). The summed E-state index contributed by atoms with van der Waals surface area (Å²) >= 11 is 5.93. The highest BCUT2D eigenvalue weighted by molar-refractivity contribution is 7.89. The predicted molar refractivity (Wildman–Crippen MR) is 154 cm³/mol. The molecule has 1 aromatic heterocycles. The van der Waals surface area contributed by atoms with Crippen LogP contribution in [0.15, 0.2) is 53.6 Å². The summed E-state index contributed by atoms with van der Waals surface area (Å²) in [6.07, 6.45) is 1.70. The Morgan fingerprint density at radius 2 is 1.78 bits per heavy atom. The Morgan fingerprint density at radius 3 is 2.43 bits per heavy atom. The Balaban J connectivity index is 1.63. The third-order valence-corrected chi connectivity index (χ3v) is 8.99. The summed E-state index contributed by atoms with van der Waals surface area (Å²) < 4.78 is 28.8. The minimum absolute atomic E-state index is 0.160. The second-order valence-corrected chi connectivity index (χ2v) is 12.5. The lowest BCUT2D eigenvalue weighted by Crippen LogP contribution is -2.46. The normalized spacial score (nSPS) is 15.5. The average molecular weight is 561 g/mol. The molecule has 1 unspecified atom stereocenters. The van der Waals surface area contributed by atoms with Crippen LogP contribution in [0.2, 0.25) is 0 Å². The number of hydrogen-bond acceptors (Lipinski definition) is 9. The van der Waals surface area contributed by atoms with Crippen molar-refractivity contribution in [1.82, 2.24) is 19.9 Å². The van der Waals surface area contributed by atoms with Gasteiger partial charge in [0, 0.05) is 67.8 Å². The van der Waals surface area contributed by atoms with E-state index in [1.54, 1.807) is 18.3 Å². The van der Waals surface area contributed by atoms with Crippen LogP contribution >= 0.6 is 24.0 Å². The molecule has 1 fully saturated rings. The molecule has 0 radical (unpaired) electrons. The lowest BCUT2D eigenvalue weighted by molar-refractivity contribution is -0.114. The van der Waals surface area contributed by atoms with Crippen molar-refractivity contribution in [1.29, 1.82) is 0 Å². The smallest absolute Gasteiger partial charge is 0.243 e. The Kier molecular flexibility index (Phi) is 8.88. The van der Waals surface area contributed by atoms with Crippen molar-refractivity contribution in [2.75, 3.05) is 36.8 Å². The standard InChI is InChI=1S/C25H32N6O3S3/c1-16(2)28-25(35)30-19-6-4-18(5-7-19)24-27-15-22(36-24)21-9-8-20(29-17(3)32)14-23(21)37(33,34)31-12-10-26-11-13-31/h4-9,14-16,25-26,28,30,35H,10-13H2,1-3H3,(H,29,32). The van der Waals surface area contributed by atoms with Crippen LogP contribution < -0.4 is 21.3 Å². The van der Waals surface area contributed by atoms with Crippen LogP contribution in [-0.2, 0) is 14.8 Å². The summed E-state index contributed by atoms with van der Waals surface area (Å²) in [5.74, 6) is -0.263. The van der Waals surface area contributed by atoms with Gasteiger partial charge in [0.25, 0.3) is 0 Å². The third-order valence-electron chi connectivity index (χ3n) is 5.69. The lowest BCUT2D eigenvalue weighted by atomic mass is 10.2. The molecule has 1 amide bonds. The number of sulfonamides is 1. The van der Waals surface area contributed by atoms with Gasteiger partial charge in [-0.15, -0.1) is 24.0 Å². The van der Waals surface area contributed by atoms with E-state index in [0.29, 0.717) is 43.5 Å². The van der Waals surface area contributed by atoms with E-state index in [1.165, 1.54) is 28.6 Å². The van der Waals surface area contributed by atoms with Crippen LogP contribution in [0.25, 0.3) is 21.0 Å². The van der Waals surface area contributed by atoms with Gasteiger partial charge in [-0.25, -0.2) is 13.4 Å². The van der Waals surface area contributed by atoms with Gasteiger partial charge < -0.3 is 16.0 Å². The van der Waals surface area contributed by atoms with Crippen LogP contribution in [0.3, 0.4) is 0 Å². The van der Waals surface area contributed by atoms with Gasteiger partial charge in [-0.2, -0.15) is 4.31 Å². The third kappa shape index (κ3) is 6.89. The first kappa shape index (κ1) is 27.6. The summed E-state index contributed by atoms with van der Waals surface area (Å²) in [5.41, 5.74) is 2.68. The maximum atomic E-state index is 13.6. The van der Waals surface area contributed by atoms with Gasteiger partial charge in [-0.05, 0) is 50.2 Å². The minimum Gasteiger partial charge on any atom is -0.362 e. The van der Waals surface area contributed by atoms with Crippen LogP contribution in [0.4, 0.5) is 11.4 Å². The van der Waals surface area contributed by atoms with E-state index in [0.717, 1.165) is 21.1 Å². The van der Waals surface area contributed by atoms with E-state index >= 15 is 0 Å². The molecular weight excluding hydrogens is 529 g/mol. The molecule has 12 heteroatoms. The van der Waals surface area contributed by atoms with E-state index in [-0.39, 0.29) is 16.3 Å². The zero-order valence-corrected chi connectivity index (χ0v) is 23.5. The first-order valence-electron chi connectivity index (χ1n) is 12.0. The number of amides is 1. The number of anilines is 2. The number of thiazole rings is 1. The van der Waals surface area contributed by atoms with Gasteiger partial charge in [-0.3, -0.25) is 10.1 Å². The van der Waals surface area contributed by atoms with E-state index in [9.17, 15) is 13.2 Å². The van der Waals surface area contributed by atoms with Crippen molar-refractivity contribution in [3.05, 3.63) is 48.7 Å². The molecule has 1 aliphatic heterocycles. The Hall–Kier alpha value is -2.48. The number of hydrogen-bond donors (Lipinski definition) is 5. The first-order valence-corrected chi connectivity index (χ1v) is 14.8. The molecule has 0 aliphatic carbocycles. The van der Waals surface area contributed by atoms with E-state index in [1.807, 2.05) is 24.3 Å². The monoisotopic (exact) mass is 560 g/mol. The highest BCUT2D eigenvalue weighted by Gasteiger charge is 2.29. The fourth-order valence-electron chi connectivity index (χ4n) is 4.00. The SMILES string of the molecule is CC(=O)Nc1ccc(-c2cnc(-c3ccc(NC(S)NC(C)C)cc3)s2)c(S(=O)(=O)N2CCNCC2)c1. The molecule has 0 spiro atoms. The van der Waals surface area contributed by atoms with Gasteiger partial charge in [-0.1, -0.05) is 6.07 Å². The predicted octanol–water partition coefficient (Wildman–Crippen LogP) is 3.65. The second kappa shape index (κ2) is 11.9. The van der Waals surface area contributed by atoms with Crippen molar-refractivity contribution in [2.45, 2.75) is 37.2 Å². The van der Waals surface area contributed by atoms with Crippen LogP contribution in [0.5, 0.6) is 0 Å². The fourth-order valence-corrected chi connectivity index (χ4v) is 7.15. The molecule has 2 heterocycles. The van der Waals surface area contributed by atoms with Crippen LogP contribution in [-0.4, -0.2) is 61.3 Å². The van der Waals surface area contributed by atoms with Crippen LogP contribution in [0.1, 0.15) is 20.8 Å². The molecule has 198 valence electrons. The van der Waals surface area contributed by atoms with Crippen molar-refractivity contribution in [2.24, 2.45) is 0 Å². The van der Waals surface area contributed by atoms with E-state index < -0.39 is 10.0 Å². The second-order valence-electron chi connectivity index (χ2n) is 9.02. The number of nitrogens with one attached hydrogen (secondary N) is 4. The highest BCUT2D eigenvalue weighted by atomic mass is 32.2. The molecular formula is C25H32N6O3S3. The zero-order valence-electron chi connectivity index (χ0n) is 21.0. The van der Waals surface area contributed by atoms with Crippen molar-refractivity contribution < 1.29 is 13.2 Å². The summed E-state index contributed by atoms with van der Waals surface area (Å²) in [6, 6.07) is 13.2. The van der Waals surface area contributed by atoms with Gasteiger partial charge in [0.1, 0.15) is 10.5 Å². The lowest BCUT2D eigenvalue weighted by Gasteiger charge is -2.27. The molecule has 0 saturated carbocycles. The average Bonchev–Trinajstić information content (AvgIpc) is 3.34. The highest BCUT2D eigenvalue weighted by Crippen LogP contribution is 2.38. The summed E-state index contributed by atoms with van der Waals surface area (Å²) in [7, 11) is -3.78. The van der Waals surface area contributed by atoms with Gasteiger partial charge in [0.15, 0.2) is 0 Å². The molecule has 37 heavy (non-hydrogen) atoms. The van der Waals surface area contributed by atoms with Gasteiger partial charge in [0.2, 0.25) is 15.9 Å². The van der Waals surface area contributed by atoms with Crippen molar-refractivity contribution >= 4 is 51.3 Å². The largest absolute Gasteiger partial charge is 0.362 e. The van der Waals surface area contributed by atoms with E-state index in [4.69, 9.17) is 0 Å². The molecule has 3 aromatic rings. The minimum atomic E-state index is -3.78. The summed E-state index contributed by atoms with van der Waals surface area (Å²) in [4.78, 5) is 17.1. The summed E-state index contributed by atoms with van der Waals surface area (Å²) in [5, 5.41) is 13.2. The maximum Gasteiger partial charge on any atom is 0.243 e. The Morgan fingerprint density at radius 1 is 1.11 bits per heavy atom. The van der Waals surface area contributed by atoms with Gasteiger partial charge in [0.05, 0.1) is 9.77 Å². The molecule has 1 atom stereocenters. The fraction of sp³-hybridized carbons (Fsp3) is 0.360. The van der Waals surface area contributed by atoms with Gasteiger partial charge >= 0.3 is 0 Å². The number of carbonyl (C=O) groups is 1. The number of aromatic nitrogens is 1. The molecule has 0 bridgehead atoms. The van der Waals surface area contributed by atoms with Crippen LogP contribution in [0, 0.1) is 0 Å². The number of piperazine rings is 1. The number of carbonyl (C=O) groups excluding carboxylic acids is 1. The maximum absolute atomic E-state index is 13.6. The van der Waals surface area contributed by atoms with Crippen molar-refractivity contribution in [3.8, 4) is 21.0 Å². The number of rotatable bonds is 9. The first-order chi connectivity index (χ1) is 17.6. The van der Waals surface area contributed by atoms with Crippen molar-refractivity contribution in [3.63, 3.8) is 0 Å². The number of thiol groups is 1. The van der Waals surface area contributed by atoms with E-state index in [2.05, 4.69) is 52.7 Å². The molecule has 9 nitrogen and oxygen atoms in total. The topological polar surface area (TPSA) is 115 Å². The molecule has 2 aromatic carbocycles. The Labute approximate surface area is 227 Å².